The van der Waals surface area contributed by atoms with Crippen molar-refractivity contribution in [3.8, 4) is 0 Å². The molecule has 2 heterocycles. The van der Waals surface area contributed by atoms with E-state index in [0.717, 1.165) is 40.7 Å². The van der Waals surface area contributed by atoms with E-state index in [-0.39, 0.29) is 0 Å². The summed E-state index contributed by atoms with van der Waals surface area (Å²) in [5, 5.41) is 5.01. The standard InChI is InChI=1S/C22H23F3IN3O/c1-14-3-4-18-19(27-30-21(18)20(14)26)12-15-9-16(11-17(10-15)22(23,24)25)13-29-7-5-28(2)6-8-29/h3-4,9-11H,5-8,12-13H2,1-2H3. The Balaban J connectivity index is 1.65. The minimum absolute atomic E-state index is 0.297. The molecule has 0 saturated carbocycles. The molecule has 0 unspecified atom stereocenters. The smallest absolute Gasteiger partial charge is 0.355 e. The van der Waals surface area contributed by atoms with Crippen molar-refractivity contribution >= 4 is 33.6 Å². The third kappa shape index (κ3) is 4.65. The molecule has 2 aromatic carbocycles. The summed E-state index contributed by atoms with van der Waals surface area (Å²) in [6.45, 7) is 6.06. The van der Waals surface area contributed by atoms with Crippen LogP contribution in [0.3, 0.4) is 0 Å². The maximum absolute atomic E-state index is 13.6. The number of benzene rings is 2. The van der Waals surface area contributed by atoms with Gasteiger partial charge in [0.1, 0.15) is 0 Å². The van der Waals surface area contributed by atoms with E-state index in [4.69, 9.17) is 4.52 Å². The predicted molar refractivity (Wildman–Crippen MR) is 118 cm³/mol. The van der Waals surface area contributed by atoms with Gasteiger partial charge in [-0.2, -0.15) is 13.2 Å². The van der Waals surface area contributed by atoms with Crippen molar-refractivity contribution in [2.24, 2.45) is 0 Å². The van der Waals surface area contributed by atoms with Crippen molar-refractivity contribution < 1.29 is 17.7 Å². The van der Waals surface area contributed by atoms with E-state index < -0.39 is 11.7 Å². The second-order valence-corrected chi connectivity index (χ2v) is 9.07. The Morgan fingerprint density at radius 1 is 1.07 bits per heavy atom. The summed E-state index contributed by atoms with van der Waals surface area (Å²) >= 11 is 2.21. The summed E-state index contributed by atoms with van der Waals surface area (Å²) in [6.07, 6.45) is -4.09. The number of hydrogen-bond donors (Lipinski definition) is 0. The van der Waals surface area contributed by atoms with Crippen LogP contribution in [0.5, 0.6) is 0 Å². The number of aromatic nitrogens is 1. The highest BCUT2D eigenvalue weighted by atomic mass is 127. The van der Waals surface area contributed by atoms with E-state index in [1.54, 1.807) is 0 Å². The molecule has 3 aromatic rings. The topological polar surface area (TPSA) is 32.5 Å². The van der Waals surface area contributed by atoms with Gasteiger partial charge < -0.3 is 9.42 Å². The molecule has 4 nitrogen and oxygen atoms in total. The van der Waals surface area contributed by atoms with Crippen LogP contribution in [-0.4, -0.2) is 48.2 Å². The molecule has 0 atom stereocenters. The Labute approximate surface area is 187 Å². The van der Waals surface area contributed by atoms with E-state index >= 15 is 0 Å². The number of aryl methyl sites for hydroxylation is 1. The van der Waals surface area contributed by atoms with Crippen molar-refractivity contribution in [2.45, 2.75) is 26.1 Å². The lowest BCUT2D eigenvalue weighted by atomic mass is 10.00. The van der Waals surface area contributed by atoms with Crippen LogP contribution in [0.15, 0.2) is 34.9 Å². The van der Waals surface area contributed by atoms with Crippen LogP contribution in [0.25, 0.3) is 11.0 Å². The van der Waals surface area contributed by atoms with Crippen molar-refractivity contribution in [3.05, 3.63) is 61.8 Å². The fourth-order valence-electron chi connectivity index (χ4n) is 3.83. The van der Waals surface area contributed by atoms with E-state index in [2.05, 4.69) is 44.6 Å². The Morgan fingerprint density at radius 2 is 1.77 bits per heavy atom. The van der Waals surface area contributed by atoms with Gasteiger partial charge in [0, 0.05) is 44.5 Å². The van der Waals surface area contributed by atoms with Crippen molar-refractivity contribution in [2.75, 3.05) is 33.2 Å². The Hall–Kier alpha value is -1.65. The lowest BCUT2D eigenvalue weighted by molar-refractivity contribution is -0.137. The first-order valence-corrected chi connectivity index (χ1v) is 10.9. The Morgan fingerprint density at radius 3 is 2.47 bits per heavy atom. The molecule has 0 bridgehead atoms. The average Bonchev–Trinajstić information content (AvgIpc) is 3.09. The molecule has 1 fully saturated rings. The number of piperazine rings is 1. The summed E-state index contributed by atoms with van der Waals surface area (Å²) in [5.41, 5.74) is 3.10. The fourth-order valence-corrected chi connectivity index (χ4v) is 4.39. The zero-order valence-corrected chi connectivity index (χ0v) is 19.0. The van der Waals surface area contributed by atoms with Crippen molar-refractivity contribution in [3.63, 3.8) is 0 Å². The molecule has 1 aliphatic heterocycles. The summed E-state index contributed by atoms with van der Waals surface area (Å²) in [5.74, 6) is 0. The fraction of sp³-hybridized carbons (Fsp3) is 0.409. The number of hydrogen-bond acceptors (Lipinski definition) is 4. The highest BCUT2D eigenvalue weighted by Gasteiger charge is 2.31. The number of alkyl halides is 3. The van der Waals surface area contributed by atoms with Crippen molar-refractivity contribution in [1.82, 2.24) is 15.0 Å². The molecule has 0 amide bonds. The normalized spacial score (nSPS) is 16.5. The van der Waals surface area contributed by atoms with Crippen molar-refractivity contribution in [1.29, 1.82) is 0 Å². The highest BCUT2D eigenvalue weighted by Crippen LogP contribution is 2.33. The first kappa shape index (κ1) is 21.6. The highest BCUT2D eigenvalue weighted by molar-refractivity contribution is 14.1. The van der Waals surface area contributed by atoms with E-state index in [1.165, 1.54) is 12.1 Å². The Bertz CT molecular complexity index is 1060. The minimum Gasteiger partial charge on any atom is -0.355 e. The molecule has 30 heavy (non-hydrogen) atoms. The summed E-state index contributed by atoms with van der Waals surface area (Å²) in [4.78, 5) is 4.43. The summed E-state index contributed by atoms with van der Waals surface area (Å²) in [6, 6.07) is 8.28. The van der Waals surface area contributed by atoms with Crippen LogP contribution in [0, 0.1) is 10.5 Å². The quantitative estimate of drug-likeness (QED) is 0.441. The van der Waals surface area contributed by atoms with Gasteiger partial charge in [-0.3, -0.25) is 4.90 Å². The van der Waals surface area contributed by atoms with Crippen LogP contribution in [0.2, 0.25) is 0 Å². The van der Waals surface area contributed by atoms with E-state index in [1.807, 2.05) is 25.1 Å². The van der Waals surface area contributed by atoms with Gasteiger partial charge in [0.2, 0.25) is 0 Å². The van der Waals surface area contributed by atoms with Gasteiger partial charge in [-0.05, 0) is 71.5 Å². The molecule has 1 aromatic heterocycles. The second-order valence-electron chi connectivity index (χ2n) is 7.99. The number of rotatable bonds is 4. The van der Waals surface area contributed by atoms with Gasteiger partial charge in [-0.15, -0.1) is 0 Å². The van der Waals surface area contributed by atoms with Gasteiger partial charge >= 0.3 is 6.18 Å². The van der Waals surface area contributed by atoms with Crippen LogP contribution in [0.1, 0.15) is 27.9 Å². The van der Waals surface area contributed by atoms with Crippen LogP contribution in [-0.2, 0) is 19.1 Å². The summed E-state index contributed by atoms with van der Waals surface area (Å²) < 4.78 is 47.1. The van der Waals surface area contributed by atoms with Gasteiger partial charge in [-0.25, -0.2) is 0 Å². The average molecular weight is 529 g/mol. The van der Waals surface area contributed by atoms with Crippen LogP contribution < -0.4 is 0 Å². The van der Waals surface area contributed by atoms with Gasteiger partial charge in [0.15, 0.2) is 5.58 Å². The molecule has 1 saturated heterocycles. The molecular formula is C22H23F3IN3O. The first-order valence-electron chi connectivity index (χ1n) is 9.85. The zero-order chi connectivity index (χ0) is 21.5. The molecule has 4 rings (SSSR count). The number of fused-ring (bicyclic) bond motifs is 1. The van der Waals surface area contributed by atoms with Crippen LogP contribution in [0.4, 0.5) is 13.2 Å². The zero-order valence-electron chi connectivity index (χ0n) is 16.9. The van der Waals surface area contributed by atoms with Crippen LogP contribution >= 0.6 is 22.6 Å². The van der Waals surface area contributed by atoms with E-state index in [9.17, 15) is 13.2 Å². The molecule has 8 heteroatoms. The largest absolute Gasteiger partial charge is 0.416 e. The third-order valence-corrected chi connectivity index (χ3v) is 6.94. The first-order chi connectivity index (χ1) is 14.2. The molecule has 0 aliphatic carbocycles. The molecule has 0 N–H and O–H groups in total. The van der Waals surface area contributed by atoms with Gasteiger partial charge in [-0.1, -0.05) is 17.3 Å². The summed E-state index contributed by atoms with van der Waals surface area (Å²) in [7, 11) is 2.06. The maximum Gasteiger partial charge on any atom is 0.416 e. The third-order valence-electron chi connectivity index (χ3n) is 5.60. The molecule has 0 radical (unpaired) electrons. The van der Waals surface area contributed by atoms with E-state index in [0.29, 0.717) is 35.4 Å². The molecule has 160 valence electrons. The Kier molecular flexibility index (Phi) is 6.09. The van der Waals surface area contributed by atoms with Gasteiger partial charge in [0.25, 0.3) is 0 Å². The number of halogens is 4. The minimum atomic E-state index is -4.38. The lowest BCUT2D eigenvalue weighted by Crippen LogP contribution is -2.43. The number of likely N-dealkylation sites (N-methyl/N-ethyl adjacent to an activating group) is 1. The molecular weight excluding hydrogens is 506 g/mol. The maximum atomic E-state index is 13.6. The molecule has 0 spiro atoms. The lowest BCUT2D eigenvalue weighted by Gasteiger charge is -2.32. The monoisotopic (exact) mass is 529 g/mol. The predicted octanol–water partition coefficient (Wildman–Crippen LogP) is 5.10. The number of nitrogens with zero attached hydrogens (tertiary/aromatic N) is 3. The second kappa shape index (κ2) is 8.47. The molecule has 1 aliphatic rings. The van der Waals surface area contributed by atoms with Gasteiger partial charge in [0.05, 0.1) is 14.8 Å². The SMILES string of the molecule is Cc1ccc2c(Cc3cc(CN4CCN(C)CC4)cc(C(F)(F)F)c3)noc2c1I.